The third-order valence-electron chi connectivity index (χ3n) is 6.65. The van der Waals surface area contributed by atoms with Gasteiger partial charge in [0.15, 0.2) is 0 Å². The van der Waals surface area contributed by atoms with Crippen LogP contribution in [0.4, 0.5) is 0 Å². The van der Waals surface area contributed by atoms with Gasteiger partial charge in [0.25, 0.3) is 0 Å². The first-order valence-electron chi connectivity index (χ1n) is 12.0. The molecule has 1 aliphatic heterocycles. The molecule has 35 heavy (non-hydrogen) atoms. The molecule has 1 atom stereocenters. The second-order valence-electron chi connectivity index (χ2n) is 8.67. The zero-order valence-corrected chi connectivity index (χ0v) is 20.3. The highest BCUT2D eigenvalue weighted by Gasteiger charge is 2.51. The van der Waals surface area contributed by atoms with Gasteiger partial charge in [-0.1, -0.05) is 103 Å². The molecule has 2 nitrogen and oxygen atoms in total. The maximum Gasteiger partial charge on any atom is 0.145 e. The van der Waals surface area contributed by atoms with Crippen LogP contribution in [0, 0.1) is 0 Å². The minimum atomic E-state index is -2.20. The molecule has 4 aromatic carbocycles. The molecule has 170 valence electrons. The van der Waals surface area contributed by atoms with Crippen LogP contribution < -0.4 is 15.9 Å². The minimum absolute atomic E-state index is 0.0202. The molecule has 1 heterocycles. The van der Waals surface area contributed by atoms with Crippen LogP contribution in [-0.2, 0) is 4.74 Å². The summed E-state index contributed by atoms with van der Waals surface area (Å²) in [7, 11) is -2.20. The van der Waals surface area contributed by atoms with Gasteiger partial charge in [-0.15, -0.1) is 0 Å². The zero-order chi connectivity index (χ0) is 23.5. The van der Waals surface area contributed by atoms with Crippen LogP contribution in [0.1, 0.15) is 11.6 Å². The summed E-state index contributed by atoms with van der Waals surface area (Å²) in [5.41, 5.74) is 2.28. The lowest BCUT2D eigenvalue weighted by Crippen LogP contribution is -2.32. The summed E-state index contributed by atoms with van der Waals surface area (Å²) < 4.78 is 6.28. The van der Waals surface area contributed by atoms with E-state index in [1.54, 1.807) is 0 Å². The van der Waals surface area contributed by atoms with Crippen molar-refractivity contribution in [2.24, 2.45) is 0 Å². The van der Waals surface area contributed by atoms with E-state index >= 15 is 0 Å². The molecule has 0 radical (unpaired) electrons. The molecule has 0 saturated carbocycles. The number of hydrogen-bond acceptors (Lipinski definition) is 1. The van der Waals surface area contributed by atoms with E-state index < -0.39 is 7.26 Å². The van der Waals surface area contributed by atoms with Crippen molar-refractivity contribution in [1.29, 1.82) is 0 Å². The van der Waals surface area contributed by atoms with E-state index in [1.807, 2.05) is 6.07 Å². The van der Waals surface area contributed by atoms with Crippen LogP contribution >= 0.6 is 7.26 Å². The summed E-state index contributed by atoms with van der Waals surface area (Å²) in [6.45, 7) is 0.567. The first kappa shape index (κ1) is 21.6. The van der Waals surface area contributed by atoms with Gasteiger partial charge in [0.05, 0.1) is 6.61 Å². The molecule has 0 N–H and O–H groups in total. The molecule has 0 aromatic heterocycles. The number of benzene rings is 4. The molecule has 1 fully saturated rings. The third kappa shape index (κ3) is 3.81. The molecule has 0 bridgehead atoms. The van der Waals surface area contributed by atoms with Gasteiger partial charge in [-0.05, 0) is 48.6 Å². The molecule has 0 amide bonds. The van der Waals surface area contributed by atoms with Gasteiger partial charge in [-0.25, -0.2) is 0 Å². The lowest BCUT2D eigenvalue weighted by Gasteiger charge is -2.31. The van der Waals surface area contributed by atoms with Crippen molar-refractivity contribution in [1.82, 2.24) is 0 Å². The minimum Gasteiger partial charge on any atom is -0.644 e. The predicted octanol–water partition coefficient (Wildman–Crippen LogP) is 6.79. The molecule has 1 aliphatic carbocycles. The zero-order valence-electron chi connectivity index (χ0n) is 19.4. The standard InChI is InChI=1S/C32H26NOP/c1-5-14-25(15-6-1)30-24-34-32(33-30)29-22-13-23-31(29)35(26-16-7-2-8-17-26,27-18-9-3-10-19-27)28-20-11-4-12-21-28/h1-23,30H,24H2/b32-29+/t30-/m1/s1. The normalized spacial score (nSPS) is 19.2. The van der Waals surface area contributed by atoms with Gasteiger partial charge >= 0.3 is 0 Å². The van der Waals surface area contributed by atoms with E-state index in [4.69, 9.17) is 10.1 Å². The monoisotopic (exact) mass is 471 g/mol. The fourth-order valence-corrected chi connectivity index (χ4v) is 9.50. The summed E-state index contributed by atoms with van der Waals surface area (Å²) in [5, 5.41) is 10.3. The van der Waals surface area contributed by atoms with E-state index in [2.05, 4.69) is 133 Å². The van der Waals surface area contributed by atoms with Crippen LogP contribution in [0.2, 0.25) is 0 Å². The average molecular weight is 472 g/mol. The highest BCUT2D eigenvalue weighted by molar-refractivity contribution is 7.99. The van der Waals surface area contributed by atoms with Gasteiger partial charge in [0.2, 0.25) is 0 Å². The van der Waals surface area contributed by atoms with Crippen LogP contribution in [0.15, 0.2) is 156 Å². The highest BCUT2D eigenvalue weighted by Crippen LogP contribution is 2.66. The molecule has 1 saturated heterocycles. The van der Waals surface area contributed by atoms with E-state index in [0.29, 0.717) is 6.61 Å². The fraction of sp³-hybridized carbons (Fsp3) is 0.0625. The van der Waals surface area contributed by atoms with Crippen LogP contribution in [0.25, 0.3) is 5.32 Å². The average Bonchev–Trinajstić information content (AvgIpc) is 3.62. The fourth-order valence-electron chi connectivity index (χ4n) is 5.07. The lowest BCUT2D eigenvalue weighted by molar-refractivity contribution is 0.255. The molecule has 0 spiro atoms. The van der Waals surface area contributed by atoms with Crippen molar-refractivity contribution in [2.45, 2.75) is 6.04 Å². The largest absolute Gasteiger partial charge is 0.644 e. The number of allylic oxidation sites excluding steroid dienone is 5. The van der Waals surface area contributed by atoms with E-state index in [1.165, 1.54) is 26.8 Å². The van der Waals surface area contributed by atoms with Gasteiger partial charge in [0, 0.05) is 11.5 Å². The van der Waals surface area contributed by atoms with Crippen molar-refractivity contribution in [3.63, 3.8) is 0 Å². The number of nitrogens with zero attached hydrogens (tertiary/aromatic N) is 1. The first-order valence-corrected chi connectivity index (χ1v) is 13.7. The van der Waals surface area contributed by atoms with E-state index in [9.17, 15) is 0 Å². The molecule has 4 aromatic rings. The van der Waals surface area contributed by atoms with E-state index in [-0.39, 0.29) is 6.04 Å². The Morgan fingerprint density at radius 1 is 0.629 bits per heavy atom. The lowest BCUT2D eigenvalue weighted by atomic mass is 10.1. The quantitative estimate of drug-likeness (QED) is 0.294. The Morgan fingerprint density at radius 2 is 1.11 bits per heavy atom. The molecular weight excluding hydrogens is 445 g/mol. The smallest absolute Gasteiger partial charge is 0.145 e. The molecule has 0 unspecified atom stereocenters. The molecular formula is C32H26NOP. The van der Waals surface area contributed by atoms with Gasteiger partial charge in [-0.3, -0.25) is 0 Å². The Morgan fingerprint density at radius 3 is 1.63 bits per heavy atom. The van der Waals surface area contributed by atoms with E-state index in [0.717, 1.165) is 11.5 Å². The van der Waals surface area contributed by atoms with Gasteiger partial charge in [0.1, 0.15) is 28.5 Å². The maximum atomic E-state index is 6.28. The Balaban J connectivity index is 1.55. The molecule has 6 rings (SSSR count). The van der Waals surface area contributed by atoms with Gasteiger partial charge in [-0.2, -0.15) is 0 Å². The molecule has 3 heteroatoms. The molecule has 2 aliphatic rings. The summed E-state index contributed by atoms with van der Waals surface area (Å²) in [5.74, 6) is 0.742. The summed E-state index contributed by atoms with van der Waals surface area (Å²) >= 11 is 0. The second kappa shape index (κ2) is 9.41. The van der Waals surface area contributed by atoms with Crippen molar-refractivity contribution in [3.05, 3.63) is 167 Å². The topological polar surface area (TPSA) is 23.3 Å². The summed E-state index contributed by atoms with van der Waals surface area (Å²) in [6, 6.07) is 43.2. The van der Waals surface area contributed by atoms with Crippen LogP contribution in [-0.4, -0.2) is 6.61 Å². The van der Waals surface area contributed by atoms with Crippen molar-refractivity contribution < 1.29 is 4.74 Å². The number of rotatable bonds is 5. The highest BCUT2D eigenvalue weighted by atomic mass is 31.2. The third-order valence-corrected chi connectivity index (χ3v) is 11.0. The number of ether oxygens (including phenoxy) is 1. The van der Waals surface area contributed by atoms with Crippen LogP contribution in [0.5, 0.6) is 0 Å². The Kier molecular flexibility index (Phi) is 5.82. The van der Waals surface area contributed by atoms with Crippen molar-refractivity contribution in [3.8, 4) is 0 Å². The summed E-state index contributed by atoms with van der Waals surface area (Å²) in [4.78, 5) is 0. The summed E-state index contributed by atoms with van der Waals surface area (Å²) in [6.07, 6.45) is 6.60. The Labute approximate surface area is 207 Å². The predicted molar refractivity (Wildman–Crippen MR) is 148 cm³/mol. The van der Waals surface area contributed by atoms with Crippen LogP contribution in [0.3, 0.4) is 0 Å². The second-order valence-corrected chi connectivity index (χ2v) is 12.0. The number of hydrogen-bond donors (Lipinski definition) is 0. The van der Waals surface area contributed by atoms with Crippen molar-refractivity contribution >= 4 is 23.2 Å². The maximum absolute atomic E-state index is 6.28. The SMILES string of the molecule is C1=C/C(=C2/[N-][C@@H](c3ccccc3)CO2)C([P+](c2ccccc2)(c2ccccc2)c2ccccc2)=C1. The van der Waals surface area contributed by atoms with Gasteiger partial charge < -0.3 is 10.1 Å². The first-order chi connectivity index (χ1) is 17.4. The Hall–Kier alpha value is -3.87. The van der Waals surface area contributed by atoms with Crippen molar-refractivity contribution in [2.75, 3.05) is 6.61 Å². The Bertz CT molecular complexity index is 1300.